The van der Waals surface area contributed by atoms with Crippen LogP contribution in [0, 0.1) is 4.77 Å². The van der Waals surface area contributed by atoms with Gasteiger partial charge in [-0.05, 0) is 35.8 Å². The highest BCUT2D eigenvalue weighted by Crippen LogP contribution is 2.24. The molecule has 4 nitrogen and oxygen atoms in total. The number of nitrogens with one attached hydrogen (secondary N) is 1. The highest BCUT2D eigenvalue weighted by Gasteiger charge is 2.18. The molecular weight excluding hydrogens is 292 g/mol. The summed E-state index contributed by atoms with van der Waals surface area (Å²) >= 11 is 5.14. The van der Waals surface area contributed by atoms with E-state index in [1.54, 1.807) is 0 Å². The highest BCUT2D eigenvalue weighted by atomic mass is 32.1. The third-order valence-corrected chi connectivity index (χ3v) is 4.64. The maximum absolute atomic E-state index is 5.14. The SMILES string of the molecule is Cn1cc(CN2CCc3cnc(=S)[nH]c3C2)c2ccccc21. The van der Waals surface area contributed by atoms with Crippen molar-refractivity contribution in [3.8, 4) is 0 Å². The molecule has 5 heteroatoms. The van der Waals surface area contributed by atoms with Crippen LogP contribution in [0.3, 0.4) is 0 Å². The van der Waals surface area contributed by atoms with Gasteiger partial charge in [0, 0.05) is 55.7 Å². The molecule has 0 fully saturated rings. The first-order valence-corrected chi connectivity index (χ1v) is 7.94. The second kappa shape index (κ2) is 5.34. The molecule has 0 bridgehead atoms. The van der Waals surface area contributed by atoms with Crippen molar-refractivity contribution in [1.29, 1.82) is 0 Å². The number of aromatic amines is 1. The van der Waals surface area contributed by atoms with E-state index in [9.17, 15) is 0 Å². The van der Waals surface area contributed by atoms with Crippen molar-refractivity contribution in [3.05, 3.63) is 58.3 Å². The Balaban J connectivity index is 1.63. The topological polar surface area (TPSA) is 36.9 Å². The summed E-state index contributed by atoms with van der Waals surface area (Å²) in [5.74, 6) is 0. The van der Waals surface area contributed by atoms with E-state index >= 15 is 0 Å². The Bertz CT molecular complexity index is 893. The number of hydrogen-bond donors (Lipinski definition) is 1. The molecule has 0 atom stereocenters. The molecule has 0 saturated carbocycles. The average molecular weight is 310 g/mol. The summed E-state index contributed by atoms with van der Waals surface area (Å²) in [6.45, 7) is 2.93. The molecule has 0 radical (unpaired) electrons. The van der Waals surface area contributed by atoms with Gasteiger partial charge in [-0.2, -0.15) is 0 Å². The number of rotatable bonds is 2. The van der Waals surface area contributed by atoms with E-state index in [1.807, 2.05) is 6.20 Å². The second-order valence-electron chi connectivity index (χ2n) is 5.94. The monoisotopic (exact) mass is 310 g/mol. The Morgan fingerprint density at radius 3 is 3.09 bits per heavy atom. The number of para-hydroxylation sites is 1. The van der Waals surface area contributed by atoms with Gasteiger partial charge in [0.1, 0.15) is 0 Å². The van der Waals surface area contributed by atoms with E-state index in [2.05, 4.69) is 56.9 Å². The summed E-state index contributed by atoms with van der Waals surface area (Å²) < 4.78 is 2.78. The number of benzene rings is 1. The molecule has 4 rings (SSSR count). The molecule has 22 heavy (non-hydrogen) atoms. The van der Waals surface area contributed by atoms with Crippen LogP contribution in [0.25, 0.3) is 10.9 Å². The molecule has 1 aliphatic rings. The molecular formula is C17H18N4S. The highest BCUT2D eigenvalue weighted by molar-refractivity contribution is 7.71. The quantitative estimate of drug-likeness (QED) is 0.739. The van der Waals surface area contributed by atoms with Gasteiger partial charge in [0.15, 0.2) is 4.77 Å². The first-order valence-electron chi connectivity index (χ1n) is 7.53. The third kappa shape index (κ3) is 2.36. The number of H-pyrrole nitrogens is 1. The van der Waals surface area contributed by atoms with Gasteiger partial charge in [-0.15, -0.1) is 0 Å². The molecule has 0 unspecified atom stereocenters. The van der Waals surface area contributed by atoms with Gasteiger partial charge in [-0.25, -0.2) is 4.98 Å². The maximum Gasteiger partial charge on any atom is 0.196 e. The zero-order valence-corrected chi connectivity index (χ0v) is 13.4. The van der Waals surface area contributed by atoms with Gasteiger partial charge in [0.25, 0.3) is 0 Å². The number of nitrogens with zero attached hydrogens (tertiary/aromatic N) is 3. The normalized spacial score (nSPS) is 15.1. The van der Waals surface area contributed by atoms with Crippen molar-refractivity contribution in [2.45, 2.75) is 19.5 Å². The third-order valence-electron chi connectivity index (χ3n) is 4.44. The predicted octanol–water partition coefficient (Wildman–Crippen LogP) is 3.19. The van der Waals surface area contributed by atoms with E-state index in [1.165, 1.54) is 27.7 Å². The predicted molar refractivity (Wildman–Crippen MR) is 90.2 cm³/mol. The molecule has 1 aromatic carbocycles. The first kappa shape index (κ1) is 13.7. The van der Waals surface area contributed by atoms with Crippen LogP contribution in [-0.2, 0) is 26.6 Å². The minimum atomic E-state index is 0.575. The molecule has 0 aliphatic carbocycles. The molecule has 2 aromatic heterocycles. The van der Waals surface area contributed by atoms with Crippen LogP contribution in [0.1, 0.15) is 16.8 Å². The Hall–Kier alpha value is -1.98. The summed E-state index contributed by atoms with van der Waals surface area (Å²) in [7, 11) is 2.11. The standard InChI is InChI=1S/C17H18N4S/c1-20-9-13(14-4-2-3-5-16(14)20)10-21-7-6-12-8-18-17(22)19-15(12)11-21/h2-5,8-9H,6-7,10-11H2,1H3,(H,18,19,22). The van der Waals surface area contributed by atoms with Gasteiger partial charge >= 0.3 is 0 Å². The Kier molecular flexibility index (Phi) is 3.32. The van der Waals surface area contributed by atoms with Crippen LogP contribution >= 0.6 is 12.2 Å². The minimum Gasteiger partial charge on any atom is -0.350 e. The number of aromatic nitrogens is 3. The van der Waals surface area contributed by atoms with Gasteiger partial charge < -0.3 is 9.55 Å². The fourth-order valence-corrected chi connectivity index (χ4v) is 3.50. The van der Waals surface area contributed by atoms with E-state index in [4.69, 9.17) is 12.2 Å². The summed E-state index contributed by atoms with van der Waals surface area (Å²) in [4.78, 5) is 9.89. The largest absolute Gasteiger partial charge is 0.350 e. The molecule has 3 heterocycles. The lowest BCUT2D eigenvalue weighted by Crippen LogP contribution is -2.30. The smallest absolute Gasteiger partial charge is 0.196 e. The van der Waals surface area contributed by atoms with Gasteiger partial charge in [-0.3, -0.25) is 4.90 Å². The number of aryl methyl sites for hydroxylation is 1. The first-order chi connectivity index (χ1) is 10.7. The lowest BCUT2D eigenvalue weighted by Gasteiger charge is -2.27. The molecule has 0 amide bonds. The fourth-order valence-electron chi connectivity index (χ4n) is 3.32. The molecule has 0 saturated heterocycles. The number of hydrogen-bond acceptors (Lipinski definition) is 3. The molecule has 112 valence electrons. The van der Waals surface area contributed by atoms with Crippen LogP contribution in [-0.4, -0.2) is 26.0 Å². The molecule has 0 spiro atoms. The maximum atomic E-state index is 5.14. The lowest BCUT2D eigenvalue weighted by atomic mass is 10.1. The van der Waals surface area contributed by atoms with Crippen LogP contribution in [0.2, 0.25) is 0 Å². The van der Waals surface area contributed by atoms with Gasteiger partial charge in [-0.1, -0.05) is 18.2 Å². The van der Waals surface area contributed by atoms with Crippen LogP contribution in [0.15, 0.2) is 36.7 Å². The van der Waals surface area contributed by atoms with Crippen molar-refractivity contribution in [2.75, 3.05) is 6.54 Å². The minimum absolute atomic E-state index is 0.575. The fraction of sp³-hybridized carbons (Fsp3) is 0.294. The van der Waals surface area contributed by atoms with Crippen molar-refractivity contribution < 1.29 is 0 Å². The van der Waals surface area contributed by atoms with Crippen molar-refractivity contribution in [3.63, 3.8) is 0 Å². The Labute approximate surface area is 134 Å². The zero-order valence-electron chi connectivity index (χ0n) is 12.5. The Morgan fingerprint density at radius 1 is 1.32 bits per heavy atom. The van der Waals surface area contributed by atoms with Crippen LogP contribution < -0.4 is 0 Å². The van der Waals surface area contributed by atoms with Crippen LogP contribution in [0.4, 0.5) is 0 Å². The molecule has 1 aliphatic heterocycles. The zero-order chi connectivity index (χ0) is 15.1. The van der Waals surface area contributed by atoms with Gasteiger partial charge in [0.05, 0.1) is 0 Å². The summed E-state index contributed by atoms with van der Waals surface area (Å²) in [5.41, 5.74) is 5.18. The second-order valence-corrected chi connectivity index (χ2v) is 6.32. The van der Waals surface area contributed by atoms with E-state index in [-0.39, 0.29) is 0 Å². The van der Waals surface area contributed by atoms with Crippen molar-refractivity contribution in [2.24, 2.45) is 7.05 Å². The van der Waals surface area contributed by atoms with E-state index in [0.29, 0.717) is 4.77 Å². The Morgan fingerprint density at radius 2 is 2.18 bits per heavy atom. The lowest BCUT2D eigenvalue weighted by molar-refractivity contribution is 0.241. The van der Waals surface area contributed by atoms with E-state index in [0.717, 1.165) is 26.1 Å². The summed E-state index contributed by atoms with van der Waals surface area (Å²) in [5, 5.41) is 1.35. The van der Waals surface area contributed by atoms with E-state index < -0.39 is 0 Å². The average Bonchev–Trinajstić information content (AvgIpc) is 2.84. The summed E-state index contributed by atoms with van der Waals surface area (Å²) in [6.07, 6.45) is 5.19. The molecule has 3 aromatic rings. The number of fused-ring (bicyclic) bond motifs is 2. The van der Waals surface area contributed by atoms with Crippen molar-refractivity contribution >= 4 is 23.1 Å². The summed E-state index contributed by atoms with van der Waals surface area (Å²) in [6, 6.07) is 8.59. The van der Waals surface area contributed by atoms with Gasteiger partial charge in [0.2, 0.25) is 0 Å². The van der Waals surface area contributed by atoms with Crippen LogP contribution in [0.5, 0.6) is 0 Å². The molecule has 1 N–H and O–H groups in total. The van der Waals surface area contributed by atoms with Crippen molar-refractivity contribution in [1.82, 2.24) is 19.4 Å².